The van der Waals surface area contributed by atoms with Gasteiger partial charge in [-0.25, -0.2) is 9.59 Å². The van der Waals surface area contributed by atoms with Crippen molar-refractivity contribution in [3.05, 3.63) is 136 Å². The SMILES string of the molecule is CCc1ccc(C(=O)c2ccccc2C(=O)Oc2cccc(C(=O)O)c2C(=O)c2ccc(CC)cc2)cc1. The van der Waals surface area contributed by atoms with Gasteiger partial charge >= 0.3 is 11.9 Å². The number of carboxylic acids is 1. The largest absolute Gasteiger partial charge is 0.478 e. The highest BCUT2D eigenvalue weighted by Gasteiger charge is 2.26. The molecule has 6 heteroatoms. The number of carboxylic acid groups (broad SMARTS) is 1. The van der Waals surface area contributed by atoms with Gasteiger partial charge in [-0.1, -0.05) is 86.6 Å². The minimum Gasteiger partial charge on any atom is -0.478 e. The predicted octanol–water partition coefficient (Wildman–Crippen LogP) is 6.19. The Hall–Kier alpha value is -4.84. The molecule has 6 nitrogen and oxygen atoms in total. The molecule has 0 amide bonds. The minimum atomic E-state index is -1.33. The van der Waals surface area contributed by atoms with Gasteiger partial charge in [-0.2, -0.15) is 0 Å². The van der Waals surface area contributed by atoms with Crippen LogP contribution in [0.3, 0.4) is 0 Å². The summed E-state index contributed by atoms with van der Waals surface area (Å²) >= 11 is 0. The topological polar surface area (TPSA) is 97.7 Å². The summed E-state index contributed by atoms with van der Waals surface area (Å²) in [6, 6.07) is 24.2. The molecule has 0 atom stereocenters. The van der Waals surface area contributed by atoms with E-state index in [2.05, 4.69) is 0 Å². The third-order valence-corrected chi connectivity index (χ3v) is 6.33. The second kappa shape index (κ2) is 11.5. The van der Waals surface area contributed by atoms with E-state index >= 15 is 0 Å². The quantitative estimate of drug-likeness (QED) is 0.165. The summed E-state index contributed by atoms with van der Waals surface area (Å²) in [5.74, 6) is -3.35. The van der Waals surface area contributed by atoms with Gasteiger partial charge in [0.05, 0.1) is 16.7 Å². The number of rotatable bonds is 9. The van der Waals surface area contributed by atoms with E-state index in [4.69, 9.17) is 4.74 Å². The third kappa shape index (κ3) is 5.44. The van der Waals surface area contributed by atoms with Crippen LogP contribution in [0.15, 0.2) is 91.0 Å². The molecule has 0 aliphatic heterocycles. The molecule has 4 aromatic carbocycles. The first-order valence-electron chi connectivity index (χ1n) is 12.3. The second-order valence-electron chi connectivity index (χ2n) is 8.68. The molecule has 0 fully saturated rings. The highest BCUT2D eigenvalue weighted by molar-refractivity contribution is 6.17. The van der Waals surface area contributed by atoms with Crippen molar-refractivity contribution >= 4 is 23.5 Å². The van der Waals surface area contributed by atoms with Gasteiger partial charge in [0, 0.05) is 16.7 Å². The maximum Gasteiger partial charge on any atom is 0.344 e. The van der Waals surface area contributed by atoms with Gasteiger partial charge < -0.3 is 9.84 Å². The minimum absolute atomic E-state index is 0.00324. The Balaban J connectivity index is 1.71. The molecule has 38 heavy (non-hydrogen) atoms. The number of ketones is 2. The molecule has 0 radical (unpaired) electrons. The molecule has 0 aromatic heterocycles. The first kappa shape index (κ1) is 26.2. The molecule has 0 aliphatic carbocycles. The zero-order valence-corrected chi connectivity index (χ0v) is 21.1. The van der Waals surface area contributed by atoms with E-state index in [9.17, 15) is 24.3 Å². The third-order valence-electron chi connectivity index (χ3n) is 6.33. The Kier molecular flexibility index (Phi) is 7.92. The first-order valence-corrected chi connectivity index (χ1v) is 12.3. The van der Waals surface area contributed by atoms with Crippen molar-refractivity contribution in [2.75, 3.05) is 0 Å². The van der Waals surface area contributed by atoms with Crippen molar-refractivity contribution < 1.29 is 29.0 Å². The van der Waals surface area contributed by atoms with E-state index in [1.807, 2.05) is 26.0 Å². The summed E-state index contributed by atoms with van der Waals surface area (Å²) in [7, 11) is 0. The molecule has 0 heterocycles. The summed E-state index contributed by atoms with van der Waals surface area (Å²) in [4.78, 5) is 51.9. The molecule has 4 aromatic rings. The maximum atomic E-state index is 13.4. The van der Waals surface area contributed by atoms with Gasteiger partial charge in [-0.15, -0.1) is 0 Å². The Labute approximate surface area is 220 Å². The summed E-state index contributed by atoms with van der Waals surface area (Å²) in [6.45, 7) is 4.00. The van der Waals surface area contributed by atoms with Gasteiger partial charge in [-0.3, -0.25) is 9.59 Å². The molecular formula is C32H26O6. The number of carbonyl (C=O) groups excluding carboxylic acids is 3. The van der Waals surface area contributed by atoms with Crippen LogP contribution in [0.1, 0.15) is 77.5 Å². The van der Waals surface area contributed by atoms with Gasteiger partial charge in [-0.05, 0) is 42.2 Å². The zero-order valence-electron chi connectivity index (χ0n) is 21.1. The molecule has 0 saturated heterocycles. The fraction of sp³-hybridized carbons (Fsp3) is 0.125. The molecule has 190 valence electrons. The molecule has 0 aliphatic rings. The molecule has 0 bridgehead atoms. The van der Waals surface area contributed by atoms with Crippen molar-refractivity contribution in [2.24, 2.45) is 0 Å². The number of esters is 1. The number of ether oxygens (including phenoxy) is 1. The molecular weight excluding hydrogens is 480 g/mol. The Bertz CT molecular complexity index is 1510. The Morgan fingerprint density at radius 1 is 0.605 bits per heavy atom. The highest BCUT2D eigenvalue weighted by Crippen LogP contribution is 2.28. The normalized spacial score (nSPS) is 10.6. The smallest absolute Gasteiger partial charge is 0.344 e. The summed E-state index contributed by atoms with van der Waals surface area (Å²) in [5, 5.41) is 9.76. The van der Waals surface area contributed by atoms with Crippen LogP contribution in [0, 0.1) is 0 Å². The molecule has 0 saturated carbocycles. The number of benzene rings is 4. The lowest BCUT2D eigenvalue weighted by atomic mass is 9.96. The van der Waals surface area contributed by atoms with Crippen LogP contribution in [-0.4, -0.2) is 28.6 Å². The number of hydrogen-bond donors (Lipinski definition) is 1. The average molecular weight is 507 g/mol. The average Bonchev–Trinajstić information content (AvgIpc) is 2.96. The van der Waals surface area contributed by atoms with Gasteiger partial charge in [0.2, 0.25) is 0 Å². The summed E-state index contributed by atoms with van der Waals surface area (Å²) < 4.78 is 5.60. The number of hydrogen-bond acceptors (Lipinski definition) is 5. The second-order valence-corrected chi connectivity index (χ2v) is 8.68. The highest BCUT2D eigenvalue weighted by atomic mass is 16.5. The van der Waals surface area contributed by atoms with Crippen LogP contribution in [0.25, 0.3) is 0 Å². The van der Waals surface area contributed by atoms with Gasteiger partial charge in [0.25, 0.3) is 0 Å². The van der Waals surface area contributed by atoms with Crippen molar-refractivity contribution in [1.29, 1.82) is 0 Å². The Morgan fingerprint density at radius 3 is 1.63 bits per heavy atom. The lowest BCUT2D eigenvalue weighted by Crippen LogP contribution is -2.18. The van der Waals surface area contributed by atoms with E-state index in [0.717, 1.165) is 24.0 Å². The van der Waals surface area contributed by atoms with Gasteiger partial charge in [0.1, 0.15) is 5.75 Å². The van der Waals surface area contributed by atoms with Crippen LogP contribution < -0.4 is 4.74 Å². The van der Waals surface area contributed by atoms with E-state index < -0.39 is 17.7 Å². The predicted molar refractivity (Wildman–Crippen MR) is 143 cm³/mol. The standard InChI is InChI=1S/C32H26O6/c1-3-20-12-16-22(17-13-20)29(33)24-8-5-6-9-25(24)32(37)38-27-11-7-10-26(31(35)36)28(27)30(34)23-18-14-21(4-2)15-19-23/h5-19H,3-4H2,1-2H3,(H,35,36). The lowest BCUT2D eigenvalue weighted by molar-refractivity contribution is 0.0682. The fourth-order valence-corrected chi connectivity index (χ4v) is 4.13. The summed E-state index contributed by atoms with van der Waals surface area (Å²) in [6.07, 6.45) is 1.61. The number of aromatic carboxylic acids is 1. The maximum absolute atomic E-state index is 13.4. The van der Waals surface area contributed by atoms with Crippen LogP contribution in [0.5, 0.6) is 5.75 Å². The van der Waals surface area contributed by atoms with Crippen LogP contribution in [0.2, 0.25) is 0 Å². The van der Waals surface area contributed by atoms with Crippen LogP contribution in [0.4, 0.5) is 0 Å². The lowest BCUT2D eigenvalue weighted by Gasteiger charge is -2.14. The molecule has 0 spiro atoms. The van der Waals surface area contributed by atoms with Crippen LogP contribution in [-0.2, 0) is 12.8 Å². The fourth-order valence-electron chi connectivity index (χ4n) is 4.13. The monoisotopic (exact) mass is 506 g/mol. The van der Waals surface area contributed by atoms with Crippen molar-refractivity contribution in [3.8, 4) is 5.75 Å². The zero-order chi connectivity index (χ0) is 27.2. The van der Waals surface area contributed by atoms with Crippen LogP contribution >= 0.6 is 0 Å². The van der Waals surface area contributed by atoms with E-state index in [1.54, 1.807) is 48.5 Å². The Morgan fingerprint density at radius 2 is 1.11 bits per heavy atom. The first-order chi connectivity index (χ1) is 18.3. The molecule has 0 unspecified atom stereocenters. The number of carbonyl (C=O) groups is 4. The van der Waals surface area contributed by atoms with E-state index in [0.29, 0.717) is 5.56 Å². The number of aryl methyl sites for hydroxylation is 2. The van der Waals surface area contributed by atoms with Gasteiger partial charge in [0.15, 0.2) is 11.6 Å². The van der Waals surface area contributed by atoms with Crippen molar-refractivity contribution in [3.63, 3.8) is 0 Å². The van der Waals surface area contributed by atoms with Crippen molar-refractivity contribution in [2.45, 2.75) is 26.7 Å². The van der Waals surface area contributed by atoms with Crippen molar-refractivity contribution in [1.82, 2.24) is 0 Å². The molecule has 1 N–H and O–H groups in total. The summed E-state index contributed by atoms with van der Waals surface area (Å²) in [5.41, 5.74) is 2.39. The molecule has 4 rings (SSSR count). The van der Waals surface area contributed by atoms with E-state index in [1.165, 1.54) is 30.3 Å². The van der Waals surface area contributed by atoms with E-state index in [-0.39, 0.29) is 39.4 Å².